The van der Waals surface area contributed by atoms with Crippen molar-refractivity contribution in [3.63, 3.8) is 0 Å². The van der Waals surface area contributed by atoms with Gasteiger partial charge in [-0.05, 0) is 17.2 Å². The first kappa shape index (κ1) is 12.9. The van der Waals surface area contributed by atoms with E-state index in [0.29, 0.717) is 6.54 Å². The molecule has 0 atom stereocenters. The number of benzene rings is 1. The summed E-state index contributed by atoms with van der Waals surface area (Å²) in [5.41, 5.74) is 7.82. The van der Waals surface area contributed by atoms with Crippen LogP contribution >= 0.6 is 23.4 Å². The molecule has 15 heavy (non-hydrogen) atoms. The molecule has 0 unspecified atom stereocenters. The summed E-state index contributed by atoms with van der Waals surface area (Å²) in [5, 5.41) is 0.828. The van der Waals surface area contributed by atoms with E-state index in [1.165, 1.54) is 5.56 Å². The van der Waals surface area contributed by atoms with Crippen LogP contribution in [0.1, 0.15) is 31.9 Å². The van der Waals surface area contributed by atoms with E-state index in [1.807, 2.05) is 23.9 Å². The highest BCUT2D eigenvalue weighted by atomic mass is 35.5. The van der Waals surface area contributed by atoms with Crippen molar-refractivity contribution >= 4 is 23.4 Å². The van der Waals surface area contributed by atoms with E-state index in [-0.39, 0.29) is 4.75 Å². The minimum absolute atomic E-state index is 0.274. The molecule has 1 nitrogen and oxygen atoms in total. The zero-order valence-electron chi connectivity index (χ0n) is 9.51. The molecule has 0 heterocycles. The molecule has 0 fully saturated rings. The highest BCUT2D eigenvalue weighted by Gasteiger charge is 2.11. The van der Waals surface area contributed by atoms with Gasteiger partial charge in [-0.25, -0.2) is 0 Å². The minimum Gasteiger partial charge on any atom is -0.326 e. The van der Waals surface area contributed by atoms with Crippen LogP contribution in [0.25, 0.3) is 0 Å². The third kappa shape index (κ3) is 4.45. The first-order valence-corrected chi connectivity index (χ1v) is 6.40. The molecule has 0 amide bonds. The van der Waals surface area contributed by atoms with E-state index < -0.39 is 0 Å². The second-order valence-electron chi connectivity index (χ2n) is 4.53. The van der Waals surface area contributed by atoms with Gasteiger partial charge in [0.2, 0.25) is 0 Å². The van der Waals surface area contributed by atoms with Gasteiger partial charge in [0.1, 0.15) is 0 Å². The van der Waals surface area contributed by atoms with Gasteiger partial charge in [0.15, 0.2) is 0 Å². The number of thioether (sulfide) groups is 1. The molecule has 0 radical (unpaired) electrons. The fourth-order valence-electron chi connectivity index (χ4n) is 1.13. The van der Waals surface area contributed by atoms with Crippen molar-refractivity contribution in [1.82, 2.24) is 0 Å². The molecular weight excluding hydrogens is 226 g/mol. The van der Waals surface area contributed by atoms with Crippen molar-refractivity contribution < 1.29 is 0 Å². The third-order valence-electron chi connectivity index (χ3n) is 2.01. The first-order valence-electron chi connectivity index (χ1n) is 5.04. The maximum Gasteiger partial charge on any atom is 0.0449 e. The van der Waals surface area contributed by atoms with Crippen LogP contribution in [0.4, 0.5) is 0 Å². The molecule has 0 aliphatic rings. The van der Waals surface area contributed by atoms with Crippen LogP contribution in [0.15, 0.2) is 18.2 Å². The largest absolute Gasteiger partial charge is 0.326 e. The summed E-state index contributed by atoms with van der Waals surface area (Å²) in [6.07, 6.45) is 0. The van der Waals surface area contributed by atoms with Crippen molar-refractivity contribution in [2.24, 2.45) is 5.73 Å². The van der Waals surface area contributed by atoms with Crippen LogP contribution in [0.2, 0.25) is 5.02 Å². The van der Waals surface area contributed by atoms with Crippen LogP contribution in [-0.4, -0.2) is 4.75 Å². The zero-order chi connectivity index (χ0) is 11.5. The topological polar surface area (TPSA) is 26.0 Å². The highest BCUT2D eigenvalue weighted by molar-refractivity contribution is 7.99. The van der Waals surface area contributed by atoms with Gasteiger partial charge < -0.3 is 5.73 Å². The van der Waals surface area contributed by atoms with E-state index in [2.05, 4.69) is 26.8 Å². The van der Waals surface area contributed by atoms with Gasteiger partial charge in [-0.1, -0.05) is 44.5 Å². The SMILES string of the molecule is CC(C)(C)SCc1ccc(CN)cc1Cl. The first-order chi connectivity index (χ1) is 6.92. The average molecular weight is 244 g/mol. The van der Waals surface area contributed by atoms with E-state index in [1.54, 1.807) is 0 Å². The summed E-state index contributed by atoms with van der Waals surface area (Å²) in [4.78, 5) is 0. The normalized spacial score (nSPS) is 11.8. The maximum atomic E-state index is 6.17. The molecule has 1 rings (SSSR count). The lowest BCUT2D eigenvalue weighted by atomic mass is 10.1. The Balaban J connectivity index is 2.70. The third-order valence-corrected chi connectivity index (χ3v) is 3.69. The van der Waals surface area contributed by atoms with Gasteiger partial charge in [-0.2, -0.15) is 11.8 Å². The maximum absolute atomic E-state index is 6.17. The Hall–Kier alpha value is -0.180. The fraction of sp³-hybridized carbons (Fsp3) is 0.500. The Morgan fingerprint density at radius 3 is 2.47 bits per heavy atom. The second kappa shape index (κ2) is 5.24. The molecule has 0 spiro atoms. The lowest BCUT2D eigenvalue weighted by molar-refractivity contribution is 0.802. The van der Waals surface area contributed by atoms with Crippen molar-refractivity contribution in [2.75, 3.05) is 0 Å². The van der Waals surface area contributed by atoms with Gasteiger partial charge in [0.05, 0.1) is 0 Å². The number of halogens is 1. The van der Waals surface area contributed by atoms with E-state index >= 15 is 0 Å². The van der Waals surface area contributed by atoms with Crippen molar-refractivity contribution in [2.45, 2.75) is 37.8 Å². The average Bonchev–Trinajstić information content (AvgIpc) is 2.14. The molecule has 84 valence electrons. The van der Waals surface area contributed by atoms with Gasteiger partial charge >= 0.3 is 0 Å². The molecule has 3 heteroatoms. The Kier molecular flexibility index (Phi) is 4.50. The molecule has 0 saturated heterocycles. The van der Waals surface area contributed by atoms with Gasteiger partial charge in [0, 0.05) is 22.1 Å². The summed E-state index contributed by atoms with van der Waals surface area (Å²) in [5.74, 6) is 0.952. The van der Waals surface area contributed by atoms with Crippen molar-refractivity contribution in [3.05, 3.63) is 34.3 Å². The van der Waals surface area contributed by atoms with Crippen LogP contribution in [0, 0.1) is 0 Å². The number of hydrogen-bond donors (Lipinski definition) is 1. The lowest BCUT2D eigenvalue weighted by Gasteiger charge is -2.18. The van der Waals surface area contributed by atoms with Crippen LogP contribution < -0.4 is 5.73 Å². The standard InChI is InChI=1S/C12H18ClNS/c1-12(2,3)15-8-10-5-4-9(7-14)6-11(10)13/h4-6H,7-8,14H2,1-3H3. The van der Waals surface area contributed by atoms with Gasteiger partial charge in [0.25, 0.3) is 0 Å². The van der Waals surface area contributed by atoms with Crippen molar-refractivity contribution in [3.8, 4) is 0 Å². The smallest absolute Gasteiger partial charge is 0.0449 e. The minimum atomic E-state index is 0.274. The van der Waals surface area contributed by atoms with Gasteiger partial charge in [-0.15, -0.1) is 0 Å². The highest BCUT2D eigenvalue weighted by Crippen LogP contribution is 2.30. The Bertz CT molecular complexity index is 331. The summed E-state index contributed by atoms with van der Waals surface area (Å²) in [6.45, 7) is 7.17. The van der Waals surface area contributed by atoms with Gasteiger partial charge in [-0.3, -0.25) is 0 Å². The molecular formula is C12H18ClNS. The Labute approximate surface area is 101 Å². The summed E-state index contributed by atoms with van der Waals surface area (Å²) in [6, 6.07) is 6.08. The van der Waals surface area contributed by atoms with Crippen LogP contribution in [-0.2, 0) is 12.3 Å². The van der Waals surface area contributed by atoms with E-state index in [9.17, 15) is 0 Å². The molecule has 0 saturated carbocycles. The van der Waals surface area contributed by atoms with Crippen LogP contribution in [0.5, 0.6) is 0 Å². The van der Waals surface area contributed by atoms with Crippen LogP contribution in [0.3, 0.4) is 0 Å². The number of rotatable bonds is 3. The lowest BCUT2D eigenvalue weighted by Crippen LogP contribution is -2.07. The fourth-order valence-corrected chi connectivity index (χ4v) is 2.32. The predicted molar refractivity (Wildman–Crippen MR) is 70.4 cm³/mol. The molecule has 0 aliphatic heterocycles. The zero-order valence-corrected chi connectivity index (χ0v) is 11.1. The molecule has 0 aliphatic carbocycles. The Morgan fingerprint density at radius 2 is 2.00 bits per heavy atom. The van der Waals surface area contributed by atoms with E-state index in [4.69, 9.17) is 17.3 Å². The van der Waals surface area contributed by atoms with Crippen molar-refractivity contribution in [1.29, 1.82) is 0 Å². The number of hydrogen-bond acceptors (Lipinski definition) is 2. The molecule has 2 N–H and O–H groups in total. The molecule has 1 aromatic carbocycles. The monoisotopic (exact) mass is 243 g/mol. The number of nitrogens with two attached hydrogens (primary N) is 1. The predicted octanol–water partition coefficient (Wildman–Crippen LogP) is 3.83. The molecule has 0 aromatic heterocycles. The quantitative estimate of drug-likeness (QED) is 0.873. The summed E-state index contributed by atoms with van der Waals surface area (Å²) < 4.78 is 0.274. The molecule has 0 bridgehead atoms. The summed E-state index contributed by atoms with van der Waals surface area (Å²) in [7, 11) is 0. The molecule has 1 aromatic rings. The van der Waals surface area contributed by atoms with E-state index in [0.717, 1.165) is 16.3 Å². The summed E-state index contributed by atoms with van der Waals surface area (Å²) >= 11 is 8.07. The Morgan fingerprint density at radius 1 is 1.33 bits per heavy atom. The second-order valence-corrected chi connectivity index (χ2v) is 6.74.